The summed E-state index contributed by atoms with van der Waals surface area (Å²) in [4.78, 5) is 5.46. The van der Waals surface area contributed by atoms with Gasteiger partial charge in [-0.3, -0.25) is 4.90 Å². The summed E-state index contributed by atoms with van der Waals surface area (Å²) in [6, 6.07) is 7.06. The van der Waals surface area contributed by atoms with Crippen LogP contribution in [0.3, 0.4) is 0 Å². The Morgan fingerprint density at radius 2 is 1.95 bits per heavy atom. The van der Waals surface area contributed by atoms with Crippen molar-refractivity contribution in [3.63, 3.8) is 0 Å². The van der Waals surface area contributed by atoms with Crippen LogP contribution >= 0.6 is 12.2 Å². The van der Waals surface area contributed by atoms with E-state index in [4.69, 9.17) is 18.0 Å². The third-order valence-corrected chi connectivity index (χ3v) is 4.51. The van der Waals surface area contributed by atoms with Crippen LogP contribution in [0, 0.1) is 6.92 Å². The lowest BCUT2D eigenvalue weighted by Crippen LogP contribution is -2.49. The van der Waals surface area contributed by atoms with Crippen molar-refractivity contribution in [2.75, 3.05) is 31.1 Å². The minimum atomic E-state index is 0.494. The molecule has 1 heterocycles. The van der Waals surface area contributed by atoms with E-state index in [0.717, 1.165) is 31.7 Å². The van der Waals surface area contributed by atoms with Gasteiger partial charge in [0.05, 0.1) is 0 Å². The third kappa shape index (κ3) is 3.30. The summed E-state index contributed by atoms with van der Waals surface area (Å²) in [7, 11) is 0. The number of benzene rings is 1. The number of anilines is 1. The quantitative estimate of drug-likeness (QED) is 0.864. The lowest BCUT2D eigenvalue weighted by Gasteiger charge is -2.39. The van der Waals surface area contributed by atoms with E-state index in [9.17, 15) is 0 Å². The first-order chi connectivity index (χ1) is 9.52. The van der Waals surface area contributed by atoms with E-state index >= 15 is 0 Å². The topological polar surface area (TPSA) is 32.5 Å². The van der Waals surface area contributed by atoms with Gasteiger partial charge in [-0.1, -0.05) is 30.8 Å². The lowest BCUT2D eigenvalue weighted by molar-refractivity contribution is 0.193. The Kier molecular flexibility index (Phi) is 5.00. The zero-order chi connectivity index (χ0) is 14.7. The molecule has 1 aromatic carbocycles. The van der Waals surface area contributed by atoms with Gasteiger partial charge in [-0.25, -0.2) is 0 Å². The maximum absolute atomic E-state index is 5.88. The summed E-state index contributed by atoms with van der Waals surface area (Å²) in [5.74, 6) is 0. The molecule has 0 aromatic heterocycles. The molecule has 1 aromatic rings. The van der Waals surface area contributed by atoms with Crippen molar-refractivity contribution in [1.82, 2.24) is 4.90 Å². The Balaban J connectivity index is 2.13. The lowest BCUT2D eigenvalue weighted by atomic mass is 10.1. The van der Waals surface area contributed by atoms with Gasteiger partial charge in [0.25, 0.3) is 0 Å². The molecular weight excluding hydrogens is 266 g/mol. The maximum atomic E-state index is 5.88. The van der Waals surface area contributed by atoms with E-state index < -0.39 is 0 Å². The van der Waals surface area contributed by atoms with Gasteiger partial charge >= 0.3 is 0 Å². The van der Waals surface area contributed by atoms with Crippen molar-refractivity contribution in [1.29, 1.82) is 0 Å². The molecule has 1 unspecified atom stereocenters. The van der Waals surface area contributed by atoms with Crippen LogP contribution in [0.4, 0.5) is 5.69 Å². The highest BCUT2D eigenvalue weighted by molar-refractivity contribution is 7.80. The highest BCUT2D eigenvalue weighted by atomic mass is 32.1. The molecule has 1 aliphatic rings. The summed E-state index contributed by atoms with van der Waals surface area (Å²) < 4.78 is 0. The van der Waals surface area contributed by atoms with Crippen LogP contribution in [0.2, 0.25) is 0 Å². The van der Waals surface area contributed by atoms with Crippen molar-refractivity contribution in [2.24, 2.45) is 5.73 Å². The number of aryl methyl sites for hydroxylation is 1. The molecule has 3 nitrogen and oxygen atoms in total. The minimum absolute atomic E-state index is 0.494. The first kappa shape index (κ1) is 15.3. The van der Waals surface area contributed by atoms with Crippen LogP contribution in [0.1, 0.15) is 31.4 Å². The van der Waals surface area contributed by atoms with E-state index in [1.165, 1.54) is 17.7 Å². The number of thiocarbonyl (C=S) groups is 1. The predicted molar refractivity (Wildman–Crippen MR) is 90.6 cm³/mol. The van der Waals surface area contributed by atoms with Crippen LogP contribution in [-0.2, 0) is 0 Å². The molecule has 1 atom stereocenters. The second-order valence-electron chi connectivity index (χ2n) is 5.67. The van der Waals surface area contributed by atoms with Crippen LogP contribution in [-0.4, -0.2) is 42.1 Å². The van der Waals surface area contributed by atoms with Gasteiger partial charge in [0.1, 0.15) is 4.99 Å². The molecule has 0 aliphatic carbocycles. The maximum Gasteiger partial charge on any atom is 0.106 e. The normalized spacial score (nSPS) is 18.1. The third-order valence-electron chi connectivity index (χ3n) is 4.29. The molecule has 0 amide bonds. The van der Waals surface area contributed by atoms with E-state index in [1.807, 2.05) is 0 Å². The molecule has 0 saturated carbocycles. The first-order valence-corrected chi connectivity index (χ1v) is 7.83. The van der Waals surface area contributed by atoms with Crippen LogP contribution in [0.15, 0.2) is 18.2 Å². The zero-order valence-electron chi connectivity index (χ0n) is 12.7. The summed E-state index contributed by atoms with van der Waals surface area (Å²) in [6.07, 6.45) is 1.21. The van der Waals surface area contributed by atoms with E-state index in [1.54, 1.807) is 0 Å². The van der Waals surface area contributed by atoms with Crippen molar-refractivity contribution >= 4 is 22.9 Å². The summed E-state index contributed by atoms with van der Waals surface area (Å²) in [5.41, 5.74) is 9.28. The van der Waals surface area contributed by atoms with E-state index in [2.05, 4.69) is 48.8 Å². The monoisotopic (exact) mass is 291 g/mol. The van der Waals surface area contributed by atoms with Gasteiger partial charge < -0.3 is 10.6 Å². The largest absolute Gasteiger partial charge is 0.389 e. The van der Waals surface area contributed by atoms with Crippen molar-refractivity contribution in [3.05, 3.63) is 29.3 Å². The summed E-state index contributed by atoms with van der Waals surface area (Å²) >= 11 is 5.20. The highest BCUT2D eigenvalue weighted by Gasteiger charge is 2.22. The zero-order valence-corrected chi connectivity index (χ0v) is 13.5. The van der Waals surface area contributed by atoms with Crippen molar-refractivity contribution in [2.45, 2.75) is 33.2 Å². The average molecular weight is 291 g/mol. The predicted octanol–water partition coefficient (Wildman–Crippen LogP) is 2.55. The minimum Gasteiger partial charge on any atom is -0.389 e. The second kappa shape index (κ2) is 6.55. The van der Waals surface area contributed by atoms with Crippen LogP contribution in [0.5, 0.6) is 0 Å². The fraction of sp³-hybridized carbons (Fsp3) is 0.562. The van der Waals surface area contributed by atoms with Gasteiger partial charge in [0.15, 0.2) is 0 Å². The van der Waals surface area contributed by atoms with Gasteiger partial charge in [0, 0.05) is 43.5 Å². The van der Waals surface area contributed by atoms with Crippen molar-refractivity contribution in [3.8, 4) is 0 Å². The first-order valence-electron chi connectivity index (χ1n) is 7.42. The molecule has 2 N–H and O–H groups in total. The summed E-state index contributed by atoms with van der Waals surface area (Å²) in [6.45, 7) is 10.9. The van der Waals surface area contributed by atoms with Gasteiger partial charge in [-0.2, -0.15) is 0 Å². The molecule has 20 heavy (non-hydrogen) atoms. The molecule has 110 valence electrons. The molecule has 1 fully saturated rings. The molecule has 2 rings (SSSR count). The van der Waals surface area contributed by atoms with E-state index in [-0.39, 0.29) is 0 Å². The Morgan fingerprint density at radius 3 is 2.50 bits per heavy atom. The Labute approximate surface area is 127 Å². The number of nitrogens with zero attached hydrogens (tertiary/aromatic N) is 2. The fourth-order valence-corrected chi connectivity index (χ4v) is 2.95. The number of hydrogen-bond acceptors (Lipinski definition) is 3. The van der Waals surface area contributed by atoms with E-state index in [0.29, 0.717) is 11.0 Å². The standard InChI is InChI=1S/C16H25N3S/c1-4-13(3)18-7-9-19(10-8-18)15-6-5-12(2)11-14(15)16(17)20/h5-6,11,13H,4,7-10H2,1-3H3,(H2,17,20). The molecule has 0 bridgehead atoms. The molecule has 1 aliphatic heterocycles. The Hall–Kier alpha value is -1.13. The van der Waals surface area contributed by atoms with Crippen LogP contribution in [0.25, 0.3) is 0 Å². The molecule has 1 saturated heterocycles. The number of hydrogen-bond donors (Lipinski definition) is 1. The number of piperazine rings is 1. The van der Waals surface area contributed by atoms with Crippen molar-refractivity contribution < 1.29 is 0 Å². The average Bonchev–Trinajstić information content (AvgIpc) is 2.46. The summed E-state index contributed by atoms with van der Waals surface area (Å²) in [5, 5.41) is 0. The molecular formula is C16H25N3S. The van der Waals surface area contributed by atoms with Gasteiger partial charge in [-0.05, 0) is 32.4 Å². The molecule has 0 radical (unpaired) electrons. The Bertz CT molecular complexity index is 479. The molecule has 0 spiro atoms. The number of rotatable bonds is 4. The molecule has 4 heteroatoms. The fourth-order valence-electron chi connectivity index (χ4n) is 2.78. The smallest absolute Gasteiger partial charge is 0.106 e. The second-order valence-corrected chi connectivity index (χ2v) is 6.10. The van der Waals surface area contributed by atoms with Gasteiger partial charge in [-0.15, -0.1) is 0 Å². The SMILES string of the molecule is CCC(C)N1CCN(c2ccc(C)cc2C(N)=S)CC1. The van der Waals surface area contributed by atoms with Gasteiger partial charge in [0.2, 0.25) is 0 Å². The number of nitrogens with two attached hydrogens (primary N) is 1. The Morgan fingerprint density at radius 1 is 1.30 bits per heavy atom. The highest BCUT2D eigenvalue weighted by Crippen LogP contribution is 2.24. The van der Waals surface area contributed by atoms with Crippen LogP contribution < -0.4 is 10.6 Å².